The number of aryl methyl sites for hydroxylation is 1. The number of rotatable bonds is 9. The SMILES string of the molecule is CCCn1c(SCC(=O)Nc2nc(-c3ccc(Cl)cc3)cs2)nnc1-c1csc(C)c1CC. The minimum absolute atomic E-state index is 0.120. The highest BCUT2D eigenvalue weighted by molar-refractivity contribution is 7.99. The lowest BCUT2D eigenvalue weighted by molar-refractivity contribution is -0.113. The number of carbonyl (C=O) groups excluding carboxylic acids is 1. The van der Waals surface area contributed by atoms with E-state index in [1.54, 1.807) is 11.3 Å². The molecule has 172 valence electrons. The summed E-state index contributed by atoms with van der Waals surface area (Å²) >= 11 is 10.5. The van der Waals surface area contributed by atoms with Gasteiger partial charge >= 0.3 is 0 Å². The van der Waals surface area contributed by atoms with Gasteiger partial charge in [-0.2, -0.15) is 0 Å². The van der Waals surface area contributed by atoms with E-state index in [1.807, 2.05) is 29.6 Å². The van der Waals surface area contributed by atoms with E-state index in [4.69, 9.17) is 11.6 Å². The Morgan fingerprint density at radius 2 is 1.94 bits per heavy atom. The van der Waals surface area contributed by atoms with Crippen molar-refractivity contribution < 1.29 is 4.79 Å². The van der Waals surface area contributed by atoms with Gasteiger partial charge in [-0.25, -0.2) is 4.98 Å². The molecule has 0 unspecified atom stereocenters. The van der Waals surface area contributed by atoms with Crippen molar-refractivity contribution in [3.63, 3.8) is 0 Å². The molecule has 0 spiro atoms. The van der Waals surface area contributed by atoms with Crippen molar-refractivity contribution in [2.24, 2.45) is 0 Å². The highest BCUT2D eigenvalue weighted by atomic mass is 35.5. The zero-order valence-corrected chi connectivity index (χ0v) is 21.8. The number of anilines is 1. The van der Waals surface area contributed by atoms with Crippen LogP contribution in [0.15, 0.2) is 40.2 Å². The number of nitrogens with zero attached hydrogens (tertiary/aromatic N) is 4. The van der Waals surface area contributed by atoms with Crippen molar-refractivity contribution in [1.29, 1.82) is 0 Å². The summed E-state index contributed by atoms with van der Waals surface area (Å²) in [6.45, 7) is 7.24. The van der Waals surface area contributed by atoms with Gasteiger partial charge in [-0.3, -0.25) is 4.79 Å². The summed E-state index contributed by atoms with van der Waals surface area (Å²) in [7, 11) is 0. The number of thioether (sulfide) groups is 1. The van der Waals surface area contributed by atoms with Crippen molar-refractivity contribution in [3.05, 3.63) is 50.5 Å². The van der Waals surface area contributed by atoms with Gasteiger partial charge in [0, 0.05) is 38.3 Å². The third kappa shape index (κ3) is 5.48. The molecule has 3 heterocycles. The summed E-state index contributed by atoms with van der Waals surface area (Å²) in [5.41, 5.74) is 4.24. The van der Waals surface area contributed by atoms with Crippen LogP contribution < -0.4 is 5.32 Å². The molecular formula is C23H24ClN5OS3. The van der Waals surface area contributed by atoms with Crippen LogP contribution >= 0.6 is 46.0 Å². The van der Waals surface area contributed by atoms with Crippen molar-refractivity contribution in [2.75, 3.05) is 11.1 Å². The molecule has 4 aromatic rings. The third-order valence-electron chi connectivity index (χ3n) is 5.09. The summed E-state index contributed by atoms with van der Waals surface area (Å²) in [5.74, 6) is 1.000. The summed E-state index contributed by atoms with van der Waals surface area (Å²) in [4.78, 5) is 18.4. The van der Waals surface area contributed by atoms with Crippen LogP contribution in [-0.2, 0) is 17.8 Å². The standard InChI is InChI=1S/C23H24ClN5OS3/c1-4-10-29-21(18-11-31-14(3)17(18)5-2)27-28-23(29)33-13-20(30)26-22-25-19(12-32-22)15-6-8-16(24)9-7-15/h6-9,11-12H,4-5,10,13H2,1-3H3,(H,25,26,30). The summed E-state index contributed by atoms with van der Waals surface area (Å²) in [6.07, 6.45) is 1.92. The van der Waals surface area contributed by atoms with Crippen LogP contribution in [0, 0.1) is 6.92 Å². The Morgan fingerprint density at radius 1 is 1.15 bits per heavy atom. The van der Waals surface area contributed by atoms with E-state index >= 15 is 0 Å². The van der Waals surface area contributed by atoms with Gasteiger partial charge in [0.25, 0.3) is 0 Å². The lowest BCUT2D eigenvalue weighted by Crippen LogP contribution is -2.14. The average Bonchev–Trinajstić information content (AvgIpc) is 3.52. The van der Waals surface area contributed by atoms with E-state index in [0.29, 0.717) is 10.2 Å². The van der Waals surface area contributed by atoms with Gasteiger partial charge in [-0.1, -0.05) is 49.3 Å². The van der Waals surface area contributed by atoms with Crippen LogP contribution in [0.25, 0.3) is 22.6 Å². The minimum atomic E-state index is -0.120. The molecule has 10 heteroatoms. The first kappa shape index (κ1) is 23.9. The lowest BCUT2D eigenvalue weighted by atomic mass is 10.1. The van der Waals surface area contributed by atoms with Gasteiger partial charge in [-0.05, 0) is 37.5 Å². The Labute approximate surface area is 210 Å². The lowest BCUT2D eigenvalue weighted by Gasteiger charge is -2.09. The second kappa shape index (κ2) is 10.8. The number of hydrogen-bond donors (Lipinski definition) is 1. The fourth-order valence-electron chi connectivity index (χ4n) is 3.50. The molecule has 1 aromatic carbocycles. The van der Waals surface area contributed by atoms with Crippen LogP contribution in [0.4, 0.5) is 5.13 Å². The van der Waals surface area contributed by atoms with Crippen LogP contribution in [0.1, 0.15) is 30.7 Å². The number of carbonyl (C=O) groups is 1. The summed E-state index contributed by atoms with van der Waals surface area (Å²) in [5, 5.41) is 17.9. The Hall–Kier alpha value is -2.20. The van der Waals surface area contributed by atoms with Gasteiger partial charge in [-0.15, -0.1) is 32.9 Å². The first-order valence-corrected chi connectivity index (χ1v) is 13.8. The largest absolute Gasteiger partial charge is 0.302 e. The van der Waals surface area contributed by atoms with E-state index in [0.717, 1.165) is 47.2 Å². The van der Waals surface area contributed by atoms with Gasteiger partial charge < -0.3 is 9.88 Å². The van der Waals surface area contributed by atoms with E-state index < -0.39 is 0 Å². The Kier molecular flexibility index (Phi) is 7.85. The molecule has 4 rings (SSSR count). The fraction of sp³-hybridized carbons (Fsp3) is 0.304. The van der Waals surface area contributed by atoms with E-state index in [1.165, 1.54) is 33.5 Å². The van der Waals surface area contributed by atoms with Crippen molar-refractivity contribution in [3.8, 4) is 22.6 Å². The zero-order chi connectivity index (χ0) is 23.4. The second-order valence-electron chi connectivity index (χ2n) is 7.38. The topological polar surface area (TPSA) is 72.7 Å². The first-order valence-electron chi connectivity index (χ1n) is 10.6. The molecule has 6 nitrogen and oxygen atoms in total. The first-order chi connectivity index (χ1) is 16.0. The summed E-state index contributed by atoms with van der Waals surface area (Å²) in [6, 6.07) is 7.48. The van der Waals surface area contributed by atoms with Crippen LogP contribution in [0.5, 0.6) is 0 Å². The van der Waals surface area contributed by atoms with Crippen molar-refractivity contribution in [2.45, 2.75) is 45.3 Å². The van der Waals surface area contributed by atoms with Crippen molar-refractivity contribution in [1.82, 2.24) is 19.7 Å². The maximum Gasteiger partial charge on any atom is 0.236 e. The minimum Gasteiger partial charge on any atom is -0.302 e. The Bertz CT molecular complexity index is 1250. The van der Waals surface area contributed by atoms with E-state index in [-0.39, 0.29) is 11.7 Å². The molecule has 0 saturated carbocycles. The van der Waals surface area contributed by atoms with E-state index in [2.05, 4.69) is 51.2 Å². The molecule has 1 N–H and O–H groups in total. The highest BCUT2D eigenvalue weighted by Gasteiger charge is 2.19. The molecule has 0 atom stereocenters. The maximum atomic E-state index is 12.6. The Balaban J connectivity index is 1.43. The number of amides is 1. The number of aromatic nitrogens is 4. The highest BCUT2D eigenvalue weighted by Crippen LogP contribution is 2.33. The number of nitrogens with one attached hydrogen (secondary N) is 1. The third-order valence-corrected chi connectivity index (χ3v) is 8.02. The smallest absolute Gasteiger partial charge is 0.236 e. The predicted octanol–water partition coefficient (Wildman–Crippen LogP) is 6.80. The average molecular weight is 518 g/mol. The molecule has 0 bridgehead atoms. The quantitative estimate of drug-likeness (QED) is 0.247. The molecule has 0 aliphatic rings. The molecule has 33 heavy (non-hydrogen) atoms. The van der Waals surface area contributed by atoms with Gasteiger partial charge in [0.1, 0.15) is 0 Å². The molecule has 0 aliphatic heterocycles. The number of thiophene rings is 1. The number of hydrogen-bond acceptors (Lipinski definition) is 7. The predicted molar refractivity (Wildman–Crippen MR) is 140 cm³/mol. The number of halogens is 1. The van der Waals surface area contributed by atoms with Crippen LogP contribution in [-0.4, -0.2) is 31.4 Å². The monoisotopic (exact) mass is 517 g/mol. The zero-order valence-electron chi connectivity index (χ0n) is 18.6. The van der Waals surface area contributed by atoms with Gasteiger partial charge in [0.05, 0.1) is 11.4 Å². The number of thiazole rings is 1. The van der Waals surface area contributed by atoms with E-state index in [9.17, 15) is 4.79 Å². The molecular weight excluding hydrogens is 494 g/mol. The second-order valence-corrected chi connectivity index (χ2v) is 10.7. The molecule has 0 saturated heterocycles. The van der Waals surface area contributed by atoms with Crippen molar-refractivity contribution >= 4 is 57.1 Å². The van der Waals surface area contributed by atoms with Gasteiger partial charge in [0.15, 0.2) is 16.1 Å². The molecule has 0 fully saturated rings. The number of benzene rings is 1. The maximum absolute atomic E-state index is 12.6. The Morgan fingerprint density at radius 3 is 2.67 bits per heavy atom. The summed E-state index contributed by atoms with van der Waals surface area (Å²) < 4.78 is 2.13. The normalized spacial score (nSPS) is 11.2. The van der Waals surface area contributed by atoms with Crippen LogP contribution in [0.3, 0.4) is 0 Å². The molecule has 3 aromatic heterocycles. The fourth-order valence-corrected chi connectivity index (χ4v) is 6.06. The van der Waals surface area contributed by atoms with Crippen LogP contribution in [0.2, 0.25) is 5.02 Å². The molecule has 0 radical (unpaired) electrons. The van der Waals surface area contributed by atoms with Gasteiger partial charge in [0.2, 0.25) is 5.91 Å². The molecule has 1 amide bonds. The molecule has 0 aliphatic carbocycles.